The van der Waals surface area contributed by atoms with Crippen molar-refractivity contribution in [3.8, 4) is 0 Å². The molecule has 0 aliphatic carbocycles. The van der Waals surface area contributed by atoms with Gasteiger partial charge in [0.2, 0.25) is 0 Å². The monoisotopic (exact) mass is 348 g/mol. The number of hydrogen-bond donors (Lipinski definition) is 1. The largest absolute Gasteiger partial charge is 0.333 e. The first kappa shape index (κ1) is 16.5. The average molecular weight is 349 g/mol. The smallest absolute Gasteiger partial charge is 0.151 e. The van der Waals surface area contributed by atoms with E-state index in [9.17, 15) is 4.79 Å². The molecule has 120 valence electrons. The fraction of sp³-hybridized carbons (Fsp3) is 0.316. The number of carbonyl (C=O) groups excluding carboxylic acids is 1. The third-order valence-corrected chi connectivity index (χ3v) is 5.61. The number of nitrogens with two attached hydrogens (primary N) is 1. The van der Waals surface area contributed by atoms with Crippen LogP contribution in [0.3, 0.4) is 0 Å². The van der Waals surface area contributed by atoms with Crippen LogP contribution in [0.4, 0.5) is 0 Å². The summed E-state index contributed by atoms with van der Waals surface area (Å²) in [6.45, 7) is 3.98. The van der Waals surface area contributed by atoms with Gasteiger partial charge in [0.15, 0.2) is 5.78 Å². The van der Waals surface area contributed by atoms with Crippen molar-refractivity contribution in [3.63, 3.8) is 0 Å². The van der Waals surface area contributed by atoms with Crippen molar-refractivity contribution in [3.05, 3.63) is 69.7 Å². The second-order valence-electron chi connectivity index (χ2n) is 6.27. The van der Waals surface area contributed by atoms with Crippen LogP contribution >= 0.6 is 23.2 Å². The molecule has 0 amide bonds. The Balaban J connectivity index is 2.02. The normalized spacial score (nSPS) is 27.9. The van der Waals surface area contributed by atoms with E-state index in [1.165, 1.54) is 0 Å². The molecular weight excluding hydrogens is 329 g/mol. The van der Waals surface area contributed by atoms with Crippen molar-refractivity contribution in [1.29, 1.82) is 0 Å². The van der Waals surface area contributed by atoms with Gasteiger partial charge in [-0.05, 0) is 26.0 Å². The van der Waals surface area contributed by atoms with Crippen LogP contribution in [0.5, 0.6) is 0 Å². The Hall–Kier alpha value is -1.35. The Morgan fingerprint density at radius 3 is 1.57 bits per heavy atom. The molecule has 4 atom stereocenters. The van der Waals surface area contributed by atoms with Gasteiger partial charge < -0.3 is 5.32 Å². The van der Waals surface area contributed by atoms with Gasteiger partial charge in [0.05, 0.1) is 11.8 Å². The molecule has 1 saturated heterocycles. The zero-order valence-corrected chi connectivity index (χ0v) is 14.7. The molecule has 0 unspecified atom stereocenters. The summed E-state index contributed by atoms with van der Waals surface area (Å²) in [6.07, 6.45) is 0. The van der Waals surface area contributed by atoms with E-state index in [4.69, 9.17) is 23.2 Å². The number of halogens is 2. The van der Waals surface area contributed by atoms with Crippen molar-refractivity contribution in [2.45, 2.75) is 25.9 Å². The molecule has 0 bridgehead atoms. The number of hydrogen-bond acceptors (Lipinski definition) is 1. The van der Waals surface area contributed by atoms with E-state index in [0.717, 1.165) is 11.1 Å². The van der Waals surface area contributed by atoms with Crippen LogP contribution in [0.25, 0.3) is 0 Å². The maximum atomic E-state index is 12.8. The molecule has 3 rings (SSSR count). The van der Waals surface area contributed by atoms with Crippen molar-refractivity contribution in [2.75, 3.05) is 0 Å². The molecule has 0 aromatic heterocycles. The van der Waals surface area contributed by atoms with Crippen molar-refractivity contribution >= 4 is 29.0 Å². The molecule has 2 aromatic carbocycles. The average Bonchev–Trinajstić information content (AvgIpc) is 2.55. The lowest BCUT2D eigenvalue weighted by Crippen LogP contribution is -2.91. The number of quaternary nitrogens is 1. The van der Waals surface area contributed by atoms with Crippen LogP contribution in [0, 0.1) is 11.8 Å². The summed E-state index contributed by atoms with van der Waals surface area (Å²) in [5.41, 5.74) is 2.03. The van der Waals surface area contributed by atoms with Gasteiger partial charge in [-0.25, -0.2) is 0 Å². The summed E-state index contributed by atoms with van der Waals surface area (Å²) in [5, 5.41) is 3.67. The number of ketones is 1. The summed E-state index contributed by atoms with van der Waals surface area (Å²) >= 11 is 12.7. The number of rotatable bonds is 2. The van der Waals surface area contributed by atoms with Crippen LogP contribution in [-0.4, -0.2) is 5.78 Å². The minimum atomic E-state index is -0.0800. The second-order valence-corrected chi connectivity index (χ2v) is 7.08. The lowest BCUT2D eigenvalue weighted by Gasteiger charge is -2.36. The van der Waals surface area contributed by atoms with E-state index < -0.39 is 0 Å². The van der Waals surface area contributed by atoms with Crippen LogP contribution in [-0.2, 0) is 4.79 Å². The number of carbonyl (C=O) groups is 1. The van der Waals surface area contributed by atoms with E-state index in [1.54, 1.807) is 0 Å². The predicted molar refractivity (Wildman–Crippen MR) is 93.6 cm³/mol. The minimum absolute atomic E-state index is 0.00803. The highest BCUT2D eigenvalue weighted by Gasteiger charge is 2.44. The Labute approximate surface area is 146 Å². The SMILES string of the molecule is C[C@@H]1C(=O)[C@@H](C)[C@@H](c2ccccc2Cl)[NH2+][C@@H]1c1ccccc1Cl. The van der Waals surface area contributed by atoms with Crippen LogP contribution in [0.2, 0.25) is 10.0 Å². The van der Waals surface area contributed by atoms with E-state index in [2.05, 4.69) is 5.32 Å². The lowest BCUT2D eigenvalue weighted by atomic mass is 9.76. The summed E-state index contributed by atoms with van der Waals surface area (Å²) in [6, 6.07) is 15.5. The first-order chi connectivity index (χ1) is 11.0. The molecular formula is C19H20Cl2NO+. The Bertz CT molecular complexity index is 671. The second kappa shape index (κ2) is 6.64. The molecule has 2 aromatic rings. The van der Waals surface area contributed by atoms with Gasteiger partial charge in [-0.2, -0.15) is 0 Å². The highest BCUT2D eigenvalue weighted by Crippen LogP contribution is 2.36. The molecule has 4 heteroatoms. The Kier molecular flexibility index (Phi) is 4.77. The molecule has 2 N–H and O–H groups in total. The fourth-order valence-corrected chi connectivity index (χ4v) is 4.09. The first-order valence-electron chi connectivity index (χ1n) is 7.88. The van der Waals surface area contributed by atoms with Crippen molar-refractivity contribution < 1.29 is 10.1 Å². The summed E-state index contributed by atoms with van der Waals surface area (Å²) < 4.78 is 0. The van der Waals surface area contributed by atoms with Crippen molar-refractivity contribution in [2.24, 2.45) is 11.8 Å². The predicted octanol–water partition coefficient (Wildman–Crippen LogP) is 4.19. The molecule has 23 heavy (non-hydrogen) atoms. The van der Waals surface area contributed by atoms with E-state index >= 15 is 0 Å². The zero-order valence-electron chi connectivity index (χ0n) is 13.2. The van der Waals surface area contributed by atoms with Gasteiger partial charge in [-0.3, -0.25) is 4.79 Å². The topological polar surface area (TPSA) is 33.7 Å². The molecule has 1 heterocycles. The molecule has 1 aliphatic heterocycles. The molecule has 1 aliphatic rings. The van der Waals surface area contributed by atoms with Gasteiger partial charge in [-0.15, -0.1) is 0 Å². The van der Waals surface area contributed by atoms with Crippen LogP contribution in [0.1, 0.15) is 37.1 Å². The van der Waals surface area contributed by atoms with Gasteiger partial charge in [0, 0.05) is 21.2 Å². The first-order valence-corrected chi connectivity index (χ1v) is 8.64. The molecule has 1 fully saturated rings. The number of benzene rings is 2. The summed E-state index contributed by atoms with van der Waals surface area (Å²) in [5.74, 6) is 0.106. The Morgan fingerprint density at radius 2 is 1.17 bits per heavy atom. The lowest BCUT2D eigenvalue weighted by molar-refractivity contribution is -0.748. The Morgan fingerprint density at radius 1 is 0.783 bits per heavy atom. The van der Waals surface area contributed by atoms with Gasteiger partial charge in [0.25, 0.3) is 0 Å². The van der Waals surface area contributed by atoms with Gasteiger partial charge in [-0.1, -0.05) is 59.6 Å². The molecule has 2 nitrogen and oxygen atoms in total. The third kappa shape index (κ3) is 3.03. The van der Waals surface area contributed by atoms with Gasteiger partial charge >= 0.3 is 0 Å². The quantitative estimate of drug-likeness (QED) is 0.866. The van der Waals surface area contributed by atoms with Crippen LogP contribution < -0.4 is 5.32 Å². The number of piperidine rings is 1. The minimum Gasteiger partial charge on any atom is -0.333 e. The van der Waals surface area contributed by atoms with E-state index in [-0.39, 0.29) is 29.7 Å². The maximum absolute atomic E-state index is 12.8. The highest BCUT2D eigenvalue weighted by atomic mass is 35.5. The summed E-state index contributed by atoms with van der Waals surface area (Å²) in [7, 11) is 0. The molecule has 0 saturated carbocycles. The number of Topliss-reactive ketones (excluding diaryl/α,β-unsaturated/α-hetero) is 1. The highest BCUT2D eigenvalue weighted by molar-refractivity contribution is 6.31. The fourth-order valence-electron chi connectivity index (χ4n) is 3.56. The zero-order chi connectivity index (χ0) is 16.6. The molecule has 0 spiro atoms. The maximum Gasteiger partial charge on any atom is 0.151 e. The summed E-state index contributed by atoms with van der Waals surface area (Å²) in [4.78, 5) is 12.8. The third-order valence-electron chi connectivity index (χ3n) is 4.92. The molecule has 0 radical (unpaired) electrons. The van der Waals surface area contributed by atoms with Gasteiger partial charge in [0.1, 0.15) is 12.1 Å². The standard InChI is InChI=1S/C19H19Cl2NO/c1-11-17(13-7-3-5-9-15(13)20)22-18(12(2)19(11)23)14-8-4-6-10-16(14)21/h3-12,17-18,22H,1-2H3/p+1/t11-,12-,17-,18-/m0/s1. The van der Waals surface area contributed by atoms with E-state index in [1.807, 2.05) is 62.4 Å². The van der Waals surface area contributed by atoms with Crippen molar-refractivity contribution in [1.82, 2.24) is 0 Å². The van der Waals surface area contributed by atoms with Crippen LogP contribution in [0.15, 0.2) is 48.5 Å². The van der Waals surface area contributed by atoms with E-state index in [0.29, 0.717) is 10.0 Å².